The number of thioether (sulfide) groups is 1. The Morgan fingerprint density at radius 3 is 2.54 bits per heavy atom. The van der Waals surface area contributed by atoms with E-state index in [2.05, 4.69) is 9.97 Å². The van der Waals surface area contributed by atoms with Crippen LogP contribution in [0.15, 0.2) is 15.7 Å². The summed E-state index contributed by atoms with van der Waals surface area (Å²) >= 11 is 1.69. The molecule has 0 saturated heterocycles. The molecule has 2 rings (SSSR count). The first-order valence-corrected chi connectivity index (χ1v) is 5.28. The molecule has 0 radical (unpaired) electrons. The van der Waals surface area contributed by atoms with Gasteiger partial charge in [-0.1, -0.05) is 0 Å². The van der Waals surface area contributed by atoms with Crippen molar-refractivity contribution >= 4 is 11.8 Å². The van der Waals surface area contributed by atoms with Gasteiger partial charge in [-0.25, -0.2) is 4.79 Å². The highest BCUT2D eigenvalue weighted by atomic mass is 32.2. The van der Waals surface area contributed by atoms with Crippen molar-refractivity contribution in [3.63, 3.8) is 0 Å². The van der Waals surface area contributed by atoms with Crippen LogP contribution >= 0.6 is 11.8 Å². The van der Waals surface area contributed by atoms with Crippen LogP contribution in [-0.2, 0) is 4.75 Å². The van der Waals surface area contributed by atoms with Crippen LogP contribution < -0.4 is 11.2 Å². The molecule has 0 aromatic carbocycles. The van der Waals surface area contributed by atoms with Gasteiger partial charge >= 0.3 is 5.69 Å². The van der Waals surface area contributed by atoms with Gasteiger partial charge in [0.2, 0.25) is 0 Å². The summed E-state index contributed by atoms with van der Waals surface area (Å²) < 4.78 is 0.00736. The average Bonchev–Trinajstić information content (AvgIpc) is 2.82. The first-order chi connectivity index (χ1) is 6.16. The van der Waals surface area contributed by atoms with Crippen LogP contribution in [0.25, 0.3) is 0 Å². The van der Waals surface area contributed by atoms with Crippen LogP contribution in [0.4, 0.5) is 0 Å². The SMILES string of the molecule is CSC1(c2cc(=O)[nH]c(=O)[nH]2)CC1. The molecule has 2 N–H and O–H groups in total. The Morgan fingerprint density at radius 2 is 2.08 bits per heavy atom. The molecule has 1 saturated carbocycles. The van der Waals surface area contributed by atoms with Gasteiger partial charge in [0, 0.05) is 11.8 Å². The van der Waals surface area contributed by atoms with Crippen molar-refractivity contribution in [3.8, 4) is 0 Å². The fraction of sp³-hybridized carbons (Fsp3) is 0.500. The van der Waals surface area contributed by atoms with Crippen molar-refractivity contribution in [2.75, 3.05) is 6.26 Å². The lowest BCUT2D eigenvalue weighted by Gasteiger charge is -2.10. The third-order valence-electron chi connectivity index (χ3n) is 2.35. The Hall–Kier alpha value is -0.970. The highest BCUT2D eigenvalue weighted by Gasteiger charge is 2.44. The van der Waals surface area contributed by atoms with E-state index >= 15 is 0 Å². The standard InChI is InChI=1S/C8H10N2O2S/c1-13-8(2-3-8)5-4-6(11)10-7(12)9-5/h4H,2-3H2,1H3,(H2,9,10,11,12). The number of hydrogen-bond donors (Lipinski definition) is 2. The van der Waals surface area contributed by atoms with Crippen LogP contribution in [0.1, 0.15) is 18.5 Å². The van der Waals surface area contributed by atoms with E-state index in [1.165, 1.54) is 6.07 Å². The third-order valence-corrected chi connectivity index (χ3v) is 3.76. The Morgan fingerprint density at radius 1 is 1.38 bits per heavy atom. The Bertz CT molecular complexity index is 402. The summed E-state index contributed by atoms with van der Waals surface area (Å²) in [5.41, 5.74) is 0.0238. The van der Waals surface area contributed by atoms with E-state index in [9.17, 15) is 9.59 Å². The topological polar surface area (TPSA) is 65.7 Å². The Kier molecular flexibility index (Phi) is 1.83. The minimum absolute atomic E-state index is 0.00736. The molecule has 1 aliphatic carbocycles. The molecule has 0 bridgehead atoms. The van der Waals surface area contributed by atoms with Gasteiger partial charge in [0.15, 0.2) is 0 Å². The molecule has 70 valence electrons. The summed E-state index contributed by atoms with van der Waals surface area (Å²) in [4.78, 5) is 26.8. The van der Waals surface area contributed by atoms with E-state index < -0.39 is 5.69 Å². The predicted octanol–water partition coefficient (Wildman–Crippen LogP) is 0.415. The first-order valence-electron chi connectivity index (χ1n) is 4.06. The molecule has 1 aliphatic rings. The van der Waals surface area contributed by atoms with Gasteiger partial charge in [-0.2, -0.15) is 11.8 Å². The van der Waals surface area contributed by atoms with Crippen molar-refractivity contribution in [2.24, 2.45) is 0 Å². The summed E-state index contributed by atoms with van der Waals surface area (Å²) in [6, 6.07) is 1.48. The smallest absolute Gasteiger partial charge is 0.310 e. The van der Waals surface area contributed by atoms with Gasteiger partial charge < -0.3 is 4.98 Å². The maximum absolute atomic E-state index is 11.0. The maximum atomic E-state index is 11.0. The molecule has 0 aliphatic heterocycles. The Labute approximate surface area is 78.8 Å². The minimum atomic E-state index is -0.414. The van der Waals surface area contributed by atoms with E-state index in [4.69, 9.17) is 0 Å². The van der Waals surface area contributed by atoms with Gasteiger partial charge in [-0.05, 0) is 19.1 Å². The number of rotatable bonds is 2. The lowest BCUT2D eigenvalue weighted by Crippen LogP contribution is -2.25. The number of aromatic nitrogens is 2. The van der Waals surface area contributed by atoms with E-state index in [1.807, 2.05) is 6.26 Å². The third kappa shape index (κ3) is 1.44. The van der Waals surface area contributed by atoms with E-state index in [0.29, 0.717) is 0 Å². The summed E-state index contributed by atoms with van der Waals surface area (Å²) in [6.07, 6.45) is 4.06. The van der Waals surface area contributed by atoms with Crippen molar-refractivity contribution in [3.05, 3.63) is 32.6 Å². The fourth-order valence-electron chi connectivity index (χ4n) is 1.41. The quantitative estimate of drug-likeness (QED) is 0.723. The first kappa shape index (κ1) is 8.62. The molecule has 1 fully saturated rings. The molecule has 13 heavy (non-hydrogen) atoms. The number of hydrogen-bond acceptors (Lipinski definition) is 3. The summed E-state index contributed by atoms with van der Waals surface area (Å²) in [5.74, 6) is 0. The minimum Gasteiger partial charge on any atom is -0.310 e. The zero-order valence-electron chi connectivity index (χ0n) is 7.22. The molecule has 5 heteroatoms. The summed E-state index contributed by atoms with van der Waals surface area (Å²) in [7, 11) is 0. The molecular formula is C8H10N2O2S. The molecular weight excluding hydrogens is 188 g/mol. The largest absolute Gasteiger partial charge is 0.325 e. The fourth-order valence-corrected chi connectivity index (χ4v) is 2.25. The molecule has 1 aromatic rings. The van der Waals surface area contributed by atoms with Gasteiger partial charge in [-0.3, -0.25) is 9.78 Å². The molecule has 0 amide bonds. The molecule has 0 atom stereocenters. The monoisotopic (exact) mass is 198 g/mol. The van der Waals surface area contributed by atoms with Crippen molar-refractivity contribution in [1.29, 1.82) is 0 Å². The zero-order valence-corrected chi connectivity index (χ0v) is 8.03. The van der Waals surface area contributed by atoms with Crippen LogP contribution in [0.5, 0.6) is 0 Å². The normalized spacial score (nSPS) is 18.5. The summed E-state index contributed by atoms with van der Waals surface area (Å²) in [5, 5.41) is 0. The number of nitrogens with one attached hydrogen (secondary N) is 2. The van der Waals surface area contributed by atoms with Crippen molar-refractivity contribution in [1.82, 2.24) is 9.97 Å². The van der Waals surface area contributed by atoms with Gasteiger partial charge in [0.05, 0.1) is 4.75 Å². The highest BCUT2D eigenvalue weighted by Crippen LogP contribution is 2.54. The van der Waals surface area contributed by atoms with Crippen LogP contribution in [-0.4, -0.2) is 16.2 Å². The van der Waals surface area contributed by atoms with Gasteiger partial charge in [0.1, 0.15) is 0 Å². The van der Waals surface area contributed by atoms with Crippen LogP contribution in [0.2, 0.25) is 0 Å². The second kappa shape index (κ2) is 2.77. The van der Waals surface area contributed by atoms with E-state index in [0.717, 1.165) is 18.5 Å². The summed E-state index contributed by atoms with van der Waals surface area (Å²) in [6.45, 7) is 0. The Balaban J connectivity index is 2.52. The second-order valence-electron chi connectivity index (χ2n) is 3.20. The van der Waals surface area contributed by atoms with Gasteiger partial charge in [-0.15, -0.1) is 0 Å². The van der Waals surface area contributed by atoms with Crippen LogP contribution in [0, 0.1) is 0 Å². The van der Waals surface area contributed by atoms with E-state index in [-0.39, 0.29) is 10.3 Å². The van der Waals surface area contributed by atoms with Crippen molar-refractivity contribution in [2.45, 2.75) is 17.6 Å². The highest BCUT2D eigenvalue weighted by molar-refractivity contribution is 7.99. The second-order valence-corrected chi connectivity index (χ2v) is 4.39. The number of aromatic amines is 2. The maximum Gasteiger partial charge on any atom is 0.325 e. The lowest BCUT2D eigenvalue weighted by molar-refractivity contribution is 0.888. The molecule has 1 aromatic heterocycles. The van der Waals surface area contributed by atoms with E-state index in [1.54, 1.807) is 11.8 Å². The number of H-pyrrole nitrogens is 2. The lowest BCUT2D eigenvalue weighted by atomic mass is 10.3. The molecule has 1 heterocycles. The van der Waals surface area contributed by atoms with Gasteiger partial charge in [0.25, 0.3) is 5.56 Å². The molecule has 0 unspecified atom stereocenters. The predicted molar refractivity (Wildman–Crippen MR) is 52.1 cm³/mol. The molecule has 0 spiro atoms. The molecule has 4 nitrogen and oxygen atoms in total. The average molecular weight is 198 g/mol. The van der Waals surface area contributed by atoms with Crippen molar-refractivity contribution < 1.29 is 0 Å². The zero-order chi connectivity index (χ0) is 9.47. The van der Waals surface area contributed by atoms with Crippen LogP contribution in [0.3, 0.4) is 0 Å².